The number of para-hydroxylation sites is 1. The van der Waals surface area contributed by atoms with Gasteiger partial charge in [-0.25, -0.2) is 4.39 Å². The molecule has 0 unspecified atom stereocenters. The van der Waals surface area contributed by atoms with E-state index in [0.29, 0.717) is 17.0 Å². The average Bonchev–Trinajstić information content (AvgIpc) is 2.42. The molecule has 0 aliphatic heterocycles. The van der Waals surface area contributed by atoms with Gasteiger partial charge in [0.1, 0.15) is 17.6 Å². The van der Waals surface area contributed by atoms with Crippen molar-refractivity contribution in [2.24, 2.45) is 0 Å². The van der Waals surface area contributed by atoms with Gasteiger partial charge in [-0.15, -0.1) is 0 Å². The zero-order valence-corrected chi connectivity index (χ0v) is 10.8. The lowest BCUT2D eigenvalue weighted by Crippen LogP contribution is -1.98. The molecule has 5 heteroatoms. The second-order valence-corrected chi connectivity index (χ2v) is 4.15. The number of nitrogens with zero attached hydrogens (tertiary/aromatic N) is 1. The molecule has 0 bridgehead atoms. The maximum atomic E-state index is 13.7. The van der Waals surface area contributed by atoms with Crippen molar-refractivity contribution >= 4 is 23.0 Å². The van der Waals surface area contributed by atoms with Crippen LogP contribution in [0.15, 0.2) is 36.4 Å². The highest BCUT2D eigenvalue weighted by Gasteiger charge is 2.10. The Kier molecular flexibility index (Phi) is 3.88. The predicted octanol–water partition coefficient (Wildman–Crippen LogP) is 4.10. The number of ether oxygens (including phenoxy) is 1. The zero-order chi connectivity index (χ0) is 13.8. The summed E-state index contributed by atoms with van der Waals surface area (Å²) in [6, 6.07) is 11.3. The van der Waals surface area contributed by atoms with E-state index in [1.54, 1.807) is 24.3 Å². The molecule has 2 aromatic carbocycles. The molecule has 0 atom stereocenters. The van der Waals surface area contributed by atoms with Gasteiger partial charge in [-0.1, -0.05) is 17.7 Å². The van der Waals surface area contributed by atoms with Gasteiger partial charge < -0.3 is 10.1 Å². The van der Waals surface area contributed by atoms with E-state index in [0.717, 1.165) is 0 Å². The van der Waals surface area contributed by atoms with Crippen LogP contribution in [0, 0.1) is 17.1 Å². The molecule has 3 nitrogen and oxygen atoms in total. The fraction of sp³-hybridized carbons (Fsp3) is 0.0714. The molecule has 0 fully saturated rings. The number of nitriles is 1. The van der Waals surface area contributed by atoms with Crippen LogP contribution in [0.4, 0.5) is 15.8 Å². The molecule has 0 heterocycles. The maximum Gasteiger partial charge on any atom is 0.148 e. The van der Waals surface area contributed by atoms with Gasteiger partial charge in [0.2, 0.25) is 0 Å². The summed E-state index contributed by atoms with van der Waals surface area (Å²) < 4.78 is 18.8. The fourth-order valence-corrected chi connectivity index (χ4v) is 1.81. The summed E-state index contributed by atoms with van der Waals surface area (Å²) in [7, 11) is 1.52. The van der Waals surface area contributed by atoms with Gasteiger partial charge in [0.05, 0.1) is 29.1 Å². The molecule has 2 rings (SSSR count). The predicted molar refractivity (Wildman–Crippen MR) is 72.4 cm³/mol. The van der Waals surface area contributed by atoms with Crippen LogP contribution in [-0.4, -0.2) is 7.11 Å². The first-order valence-corrected chi connectivity index (χ1v) is 5.82. The highest BCUT2D eigenvalue weighted by molar-refractivity contribution is 6.33. The van der Waals surface area contributed by atoms with Crippen LogP contribution in [0.3, 0.4) is 0 Å². The molecule has 0 radical (unpaired) electrons. The fourth-order valence-electron chi connectivity index (χ4n) is 1.60. The third-order valence-electron chi connectivity index (χ3n) is 2.57. The molecular formula is C14H10ClFN2O. The van der Waals surface area contributed by atoms with Crippen LogP contribution < -0.4 is 10.1 Å². The Morgan fingerprint density at radius 1 is 1.32 bits per heavy atom. The van der Waals surface area contributed by atoms with Crippen molar-refractivity contribution in [3.63, 3.8) is 0 Å². The number of anilines is 2. The molecule has 19 heavy (non-hydrogen) atoms. The summed E-state index contributed by atoms with van der Waals surface area (Å²) in [6.45, 7) is 0. The SMILES string of the molecule is COc1ccc(C#N)c(Nc2c(F)cccc2Cl)c1. The van der Waals surface area contributed by atoms with E-state index in [-0.39, 0.29) is 10.7 Å². The van der Waals surface area contributed by atoms with E-state index in [9.17, 15) is 4.39 Å². The summed E-state index contributed by atoms with van der Waals surface area (Å²) >= 11 is 5.93. The third-order valence-corrected chi connectivity index (χ3v) is 2.88. The van der Waals surface area contributed by atoms with Crippen LogP contribution in [0.5, 0.6) is 5.75 Å². The third kappa shape index (κ3) is 2.78. The molecule has 0 aromatic heterocycles. The number of benzene rings is 2. The number of nitrogens with one attached hydrogen (secondary N) is 1. The molecule has 96 valence electrons. The monoisotopic (exact) mass is 276 g/mol. The first-order valence-electron chi connectivity index (χ1n) is 5.45. The summed E-state index contributed by atoms with van der Waals surface area (Å²) in [5.41, 5.74) is 0.947. The molecule has 0 saturated heterocycles. The quantitative estimate of drug-likeness (QED) is 0.918. The van der Waals surface area contributed by atoms with Crippen molar-refractivity contribution in [3.8, 4) is 11.8 Å². The van der Waals surface area contributed by atoms with Gasteiger partial charge in [0.15, 0.2) is 0 Å². The number of hydrogen-bond donors (Lipinski definition) is 1. The summed E-state index contributed by atoms with van der Waals surface area (Å²) in [5, 5.41) is 12.1. The molecule has 0 spiro atoms. The summed E-state index contributed by atoms with van der Waals surface area (Å²) in [5.74, 6) is 0.0770. The van der Waals surface area contributed by atoms with E-state index in [2.05, 4.69) is 5.32 Å². The van der Waals surface area contributed by atoms with Crippen molar-refractivity contribution in [1.29, 1.82) is 5.26 Å². The van der Waals surface area contributed by atoms with Crippen molar-refractivity contribution in [1.82, 2.24) is 0 Å². The second kappa shape index (κ2) is 5.59. The first-order chi connectivity index (χ1) is 9.15. The van der Waals surface area contributed by atoms with Crippen LogP contribution >= 0.6 is 11.6 Å². The molecule has 0 aliphatic carbocycles. The van der Waals surface area contributed by atoms with Crippen molar-refractivity contribution < 1.29 is 9.13 Å². The number of halogens is 2. The van der Waals surface area contributed by atoms with Crippen molar-refractivity contribution in [2.75, 3.05) is 12.4 Å². The molecular weight excluding hydrogens is 267 g/mol. The van der Waals surface area contributed by atoms with E-state index < -0.39 is 5.82 Å². The minimum absolute atomic E-state index is 0.133. The minimum atomic E-state index is -0.487. The highest BCUT2D eigenvalue weighted by Crippen LogP contribution is 2.31. The van der Waals surface area contributed by atoms with E-state index in [1.807, 2.05) is 6.07 Å². The van der Waals surface area contributed by atoms with E-state index in [1.165, 1.54) is 19.2 Å². The largest absolute Gasteiger partial charge is 0.497 e. The first kappa shape index (κ1) is 13.2. The number of hydrogen-bond acceptors (Lipinski definition) is 3. The van der Waals surface area contributed by atoms with Gasteiger partial charge in [0, 0.05) is 6.07 Å². The standard InChI is InChI=1S/C14H10ClFN2O/c1-19-10-6-5-9(8-17)13(7-10)18-14-11(15)3-2-4-12(14)16/h2-7,18H,1H3. The Bertz CT molecular complexity index is 632. The topological polar surface area (TPSA) is 45.0 Å². The lowest BCUT2D eigenvalue weighted by atomic mass is 10.1. The maximum absolute atomic E-state index is 13.7. The lowest BCUT2D eigenvalue weighted by molar-refractivity contribution is 0.415. The van der Waals surface area contributed by atoms with Crippen LogP contribution in [-0.2, 0) is 0 Å². The van der Waals surface area contributed by atoms with Gasteiger partial charge in [-0.3, -0.25) is 0 Å². The van der Waals surface area contributed by atoms with E-state index in [4.69, 9.17) is 21.6 Å². The number of methoxy groups -OCH3 is 1. The molecule has 1 N–H and O–H groups in total. The normalized spacial score (nSPS) is 9.79. The Morgan fingerprint density at radius 3 is 2.74 bits per heavy atom. The second-order valence-electron chi connectivity index (χ2n) is 3.74. The minimum Gasteiger partial charge on any atom is -0.497 e. The lowest BCUT2D eigenvalue weighted by Gasteiger charge is -2.12. The van der Waals surface area contributed by atoms with Crippen LogP contribution in [0.1, 0.15) is 5.56 Å². The Hall–Kier alpha value is -2.25. The summed E-state index contributed by atoms with van der Waals surface area (Å²) in [4.78, 5) is 0. The molecule has 0 saturated carbocycles. The molecule has 0 aliphatic rings. The Balaban J connectivity index is 2.46. The van der Waals surface area contributed by atoms with Gasteiger partial charge in [-0.2, -0.15) is 5.26 Å². The van der Waals surface area contributed by atoms with E-state index >= 15 is 0 Å². The molecule has 0 amide bonds. The van der Waals surface area contributed by atoms with Gasteiger partial charge in [-0.05, 0) is 24.3 Å². The van der Waals surface area contributed by atoms with Crippen molar-refractivity contribution in [3.05, 3.63) is 52.8 Å². The van der Waals surface area contributed by atoms with Crippen LogP contribution in [0.2, 0.25) is 5.02 Å². The average molecular weight is 277 g/mol. The number of rotatable bonds is 3. The molecule has 2 aromatic rings. The van der Waals surface area contributed by atoms with Gasteiger partial charge >= 0.3 is 0 Å². The Morgan fingerprint density at radius 2 is 2.11 bits per heavy atom. The zero-order valence-electron chi connectivity index (χ0n) is 10.1. The summed E-state index contributed by atoms with van der Waals surface area (Å²) in [6.07, 6.45) is 0. The van der Waals surface area contributed by atoms with Crippen LogP contribution in [0.25, 0.3) is 0 Å². The Labute approximate surface area is 115 Å². The van der Waals surface area contributed by atoms with Gasteiger partial charge in [0.25, 0.3) is 0 Å². The highest BCUT2D eigenvalue weighted by atomic mass is 35.5. The van der Waals surface area contributed by atoms with Crippen molar-refractivity contribution in [2.45, 2.75) is 0 Å². The smallest absolute Gasteiger partial charge is 0.148 e.